The maximum atomic E-state index is 13.5. The Hall–Kier alpha value is -2.14. The molecular weight excluding hydrogens is 286 g/mol. The van der Waals surface area contributed by atoms with Crippen molar-refractivity contribution in [2.24, 2.45) is 0 Å². The molecular formula is C14H13ClF2N2O. The van der Waals surface area contributed by atoms with Crippen molar-refractivity contribution in [1.29, 1.82) is 0 Å². The molecule has 0 saturated heterocycles. The number of benzene rings is 1. The molecule has 1 aromatic rings. The van der Waals surface area contributed by atoms with Crippen molar-refractivity contribution >= 4 is 28.9 Å². The van der Waals surface area contributed by atoms with Gasteiger partial charge in [-0.1, -0.05) is 24.3 Å². The molecule has 0 heterocycles. The van der Waals surface area contributed by atoms with E-state index >= 15 is 0 Å². The molecule has 0 aliphatic rings. The van der Waals surface area contributed by atoms with Crippen molar-refractivity contribution in [1.82, 2.24) is 0 Å². The van der Waals surface area contributed by atoms with Gasteiger partial charge in [0.1, 0.15) is 11.7 Å². The van der Waals surface area contributed by atoms with Gasteiger partial charge in [0.15, 0.2) is 0 Å². The molecule has 0 aliphatic heterocycles. The summed E-state index contributed by atoms with van der Waals surface area (Å²) in [5.74, 6) is -2.72. The normalized spacial score (nSPS) is 12.2. The molecule has 3 N–H and O–H groups in total. The minimum atomic E-state index is -1.07. The lowest BCUT2D eigenvalue weighted by molar-refractivity contribution is -0.112. The van der Waals surface area contributed by atoms with E-state index in [1.165, 1.54) is 19.1 Å². The van der Waals surface area contributed by atoms with Crippen LogP contribution in [0.15, 0.2) is 54.2 Å². The van der Waals surface area contributed by atoms with E-state index < -0.39 is 23.1 Å². The Morgan fingerprint density at radius 2 is 2.10 bits per heavy atom. The number of carbonyl (C=O) groups is 1. The summed E-state index contributed by atoms with van der Waals surface area (Å²) in [6, 6.07) is 4.46. The Bertz CT molecular complexity index is 609. The Morgan fingerprint density at radius 3 is 2.70 bits per heavy atom. The summed E-state index contributed by atoms with van der Waals surface area (Å²) in [5.41, 5.74) is 5.64. The molecule has 6 heteroatoms. The molecule has 0 spiro atoms. The highest BCUT2D eigenvalue weighted by Crippen LogP contribution is 2.25. The highest BCUT2D eigenvalue weighted by molar-refractivity contribution is 6.34. The number of hydrogen-bond acceptors (Lipinski definition) is 2. The summed E-state index contributed by atoms with van der Waals surface area (Å²) in [6.45, 7) is 4.66. The molecule has 0 radical (unpaired) electrons. The number of hydrogen-bond donors (Lipinski definition) is 2. The number of allylic oxidation sites excluding steroid dienone is 3. The van der Waals surface area contributed by atoms with Crippen molar-refractivity contribution < 1.29 is 13.6 Å². The van der Waals surface area contributed by atoms with Crippen LogP contribution < -0.4 is 11.1 Å². The summed E-state index contributed by atoms with van der Waals surface area (Å²) < 4.78 is 26.4. The van der Waals surface area contributed by atoms with E-state index in [1.54, 1.807) is 6.07 Å². The van der Waals surface area contributed by atoms with E-state index in [0.717, 1.165) is 6.08 Å². The van der Waals surface area contributed by atoms with Gasteiger partial charge in [0.05, 0.1) is 16.3 Å². The number of nitrogens with two attached hydrogens (primary N) is 1. The standard InChI is InChI=1S/C14H13ClF2N2O/c1-3-9(16)6-12(17)8(2)14(20)19-13-7-10(18)4-5-11(13)15/h3-7H,2,18H2,1H3,(H,19,20)/b9-3+,12-6+. The van der Waals surface area contributed by atoms with Crippen LogP contribution in [-0.4, -0.2) is 5.91 Å². The predicted octanol–water partition coefficient (Wildman–Crippen LogP) is 4.14. The van der Waals surface area contributed by atoms with Crippen molar-refractivity contribution in [2.45, 2.75) is 6.92 Å². The first-order valence-corrected chi connectivity index (χ1v) is 5.97. The SMILES string of the molecule is C=C(C(=O)Nc1cc(N)ccc1Cl)/C(F)=C\C(F)=C/C. The van der Waals surface area contributed by atoms with E-state index in [1.807, 2.05) is 0 Å². The molecule has 0 fully saturated rings. The molecule has 106 valence electrons. The third-order valence-electron chi connectivity index (χ3n) is 2.34. The fourth-order valence-corrected chi connectivity index (χ4v) is 1.40. The van der Waals surface area contributed by atoms with Gasteiger partial charge in [0, 0.05) is 11.8 Å². The second-order valence-electron chi connectivity index (χ2n) is 3.84. The number of halogens is 3. The average Bonchev–Trinajstić information content (AvgIpc) is 2.41. The zero-order valence-electron chi connectivity index (χ0n) is 10.7. The molecule has 0 aromatic heterocycles. The van der Waals surface area contributed by atoms with E-state index in [2.05, 4.69) is 11.9 Å². The lowest BCUT2D eigenvalue weighted by Crippen LogP contribution is -2.14. The Labute approximate surface area is 120 Å². The predicted molar refractivity (Wildman–Crippen MR) is 77.7 cm³/mol. The van der Waals surface area contributed by atoms with Crippen LogP contribution in [0.25, 0.3) is 0 Å². The smallest absolute Gasteiger partial charge is 0.258 e. The summed E-state index contributed by atoms with van der Waals surface area (Å²) in [7, 11) is 0. The van der Waals surface area contributed by atoms with Gasteiger partial charge >= 0.3 is 0 Å². The van der Waals surface area contributed by atoms with Crippen LogP contribution >= 0.6 is 11.6 Å². The van der Waals surface area contributed by atoms with Gasteiger partial charge in [-0.15, -0.1) is 0 Å². The number of amides is 1. The van der Waals surface area contributed by atoms with Crippen molar-refractivity contribution in [3.05, 3.63) is 59.2 Å². The fraction of sp³-hybridized carbons (Fsp3) is 0.0714. The molecule has 20 heavy (non-hydrogen) atoms. The maximum Gasteiger partial charge on any atom is 0.258 e. The first-order valence-electron chi connectivity index (χ1n) is 5.59. The second kappa shape index (κ2) is 6.86. The Kier molecular flexibility index (Phi) is 5.46. The molecule has 1 aromatic carbocycles. The monoisotopic (exact) mass is 298 g/mol. The first-order chi connectivity index (χ1) is 9.35. The van der Waals surface area contributed by atoms with E-state index in [-0.39, 0.29) is 10.7 Å². The lowest BCUT2D eigenvalue weighted by Gasteiger charge is -2.08. The van der Waals surface area contributed by atoms with Crippen LogP contribution in [0, 0.1) is 0 Å². The summed E-state index contributed by atoms with van der Waals surface area (Å²) >= 11 is 5.85. The van der Waals surface area contributed by atoms with Gasteiger partial charge in [0.25, 0.3) is 5.91 Å². The number of carbonyl (C=O) groups excluding carboxylic acids is 1. The quantitative estimate of drug-likeness (QED) is 0.498. The van der Waals surface area contributed by atoms with Crippen molar-refractivity contribution in [3.8, 4) is 0 Å². The summed E-state index contributed by atoms with van der Waals surface area (Å²) in [4.78, 5) is 11.8. The highest BCUT2D eigenvalue weighted by Gasteiger charge is 2.14. The Morgan fingerprint density at radius 1 is 1.45 bits per heavy atom. The average molecular weight is 299 g/mol. The highest BCUT2D eigenvalue weighted by atomic mass is 35.5. The van der Waals surface area contributed by atoms with Gasteiger partial charge in [0.2, 0.25) is 0 Å². The van der Waals surface area contributed by atoms with Crippen LogP contribution in [0.3, 0.4) is 0 Å². The molecule has 0 bridgehead atoms. The molecule has 0 saturated carbocycles. The lowest BCUT2D eigenvalue weighted by atomic mass is 10.2. The van der Waals surface area contributed by atoms with Crippen LogP contribution in [-0.2, 0) is 4.79 Å². The summed E-state index contributed by atoms with van der Waals surface area (Å²) in [6.07, 6.45) is 1.63. The van der Waals surface area contributed by atoms with Crippen LogP contribution in [0.5, 0.6) is 0 Å². The molecule has 1 rings (SSSR count). The number of rotatable bonds is 4. The van der Waals surface area contributed by atoms with Gasteiger partial charge < -0.3 is 11.1 Å². The van der Waals surface area contributed by atoms with Crippen molar-refractivity contribution in [2.75, 3.05) is 11.1 Å². The van der Waals surface area contributed by atoms with Gasteiger partial charge in [-0.25, -0.2) is 8.78 Å². The van der Waals surface area contributed by atoms with E-state index in [9.17, 15) is 13.6 Å². The van der Waals surface area contributed by atoms with Gasteiger partial charge in [-0.2, -0.15) is 0 Å². The molecule has 0 atom stereocenters. The number of anilines is 2. The maximum absolute atomic E-state index is 13.5. The Balaban J connectivity index is 2.89. The minimum absolute atomic E-state index is 0.220. The molecule has 3 nitrogen and oxygen atoms in total. The third-order valence-corrected chi connectivity index (χ3v) is 2.67. The zero-order valence-corrected chi connectivity index (χ0v) is 11.5. The van der Waals surface area contributed by atoms with Gasteiger partial charge in [-0.05, 0) is 25.1 Å². The topological polar surface area (TPSA) is 55.1 Å². The molecule has 0 aliphatic carbocycles. The van der Waals surface area contributed by atoms with Crippen LogP contribution in [0.2, 0.25) is 5.02 Å². The summed E-state index contributed by atoms with van der Waals surface area (Å²) in [5, 5.41) is 2.59. The molecule has 0 unspecified atom stereocenters. The van der Waals surface area contributed by atoms with Crippen molar-refractivity contribution in [3.63, 3.8) is 0 Å². The number of nitrogen functional groups attached to an aromatic ring is 1. The van der Waals surface area contributed by atoms with Crippen LogP contribution in [0.1, 0.15) is 6.92 Å². The zero-order chi connectivity index (χ0) is 15.3. The van der Waals surface area contributed by atoms with E-state index in [4.69, 9.17) is 17.3 Å². The second-order valence-corrected chi connectivity index (χ2v) is 4.24. The first kappa shape index (κ1) is 15.9. The van der Waals surface area contributed by atoms with Gasteiger partial charge in [-0.3, -0.25) is 4.79 Å². The van der Waals surface area contributed by atoms with Crippen LogP contribution in [0.4, 0.5) is 20.2 Å². The molecule has 1 amide bonds. The largest absolute Gasteiger partial charge is 0.399 e. The van der Waals surface area contributed by atoms with E-state index in [0.29, 0.717) is 11.8 Å². The number of nitrogens with one attached hydrogen (secondary N) is 1. The third kappa shape index (κ3) is 4.20. The fourth-order valence-electron chi connectivity index (χ4n) is 1.24. The minimum Gasteiger partial charge on any atom is -0.399 e.